The predicted octanol–water partition coefficient (Wildman–Crippen LogP) is 5.48. The first kappa shape index (κ1) is 25.0. The van der Waals surface area contributed by atoms with Crippen LogP contribution in [0.5, 0.6) is 11.5 Å². The van der Waals surface area contributed by atoms with Gasteiger partial charge in [0.25, 0.3) is 11.8 Å². The Morgan fingerprint density at radius 3 is 2.70 bits per heavy atom. The maximum atomic E-state index is 12.5. The lowest BCUT2D eigenvalue weighted by Crippen LogP contribution is -2.27. The van der Waals surface area contributed by atoms with Crippen molar-refractivity contribution in [2.75, 3.05) is 25.6 Å². The van der Waals surface area contributed by atoms with Gasteiger partial charge in [0.1, 0.15) is 4.32 Å². The summed E-state index contributed by atoms with van der Waals surface area (Å²) in [5, 5.41) is 2.87. The molecular formula is C24H23BrN2O4S2. The van der Waals surface area contributed by atoms with Gasteiger partial charge in [0, 0.05) is 16.7 Å². The number of amides is 2. The van der Waals surface area contributed by atoms with Crippen LogP contribution < -0.4 is 14.8 Å². The number of rotatable bonds is 8. The molecule has 0 atom stereocenters. The number of carbonyl (C=O) groups is 2. The standard InChI is InChI=1S/C24H23BrN2O4S2/c1-5-10-27-23(29)21(33-24(27)32)12-16-6-9-19(20(11-16)30-4)31-13-22(28)26-18-8-7-17(25)14(2)15(18)3/h5-9,11-12H,1,10,13H2,2-4H3,(H,26,28)/b21-12-. The van der Waals surface area contributed by atoms with Crippen molar-refractivity contribution in [2.24, 2.45) is 0 Å². The molecule has 0 saturated carbocycles. The summed E-state index contributed by atoms with van der Waals surface area (Å²) in [6.45, 7) is 7.78. The first-order valence-electron chi connectivity index (χ1n) is 9.97. The zero-order chi connectivity index (χ0) is 24.1. The number of hydrogen-bond donors (Lipinski definition) is 1. The van der Waals surface area contributed by atoms with Gasteiger partial charge in [-0.25, -0.2) is 0 Å². The smallest absolute Gasteiger partial charge is 0.266 e. The Labute approximate surface area is 211 Å². The first-order valence-corrected chi connectivity index (χ1v) is 12.0. The van der Waals surface area contributed by atoms with Gasteiger partial charge in [-0.1, -0.05) is 52.1 Å². The third-order valence-corrected chi connectivity index (χ3v) is 7.26. The van der Waals surface area contributed by atoms with Gasteiger partial charge in [0.05, 0.1) is 12.0 Å². The minimum atomic E-state index is -0.281. The number of thioether (sulfide) groups is 1. The van der Waals surface area contributed by atoms with Crippen LogP contribution in [0.3, 0.4) is 0 Å². The molecule has 2 aromatic rings. The Hall–Kier alpha value is -2.62. The van der Waals surface area contributed by atoms with Crippen LogP contribution >= 0.6 is 39.9 Å². The highest BCUT2D eigenvalue weighted by Gasteiger charge is 2.31. The number of benzene rings is 2. The monoisotopic (exact) mass is 546 g/mol. The number of methoxy groups -OCH3 is 1. The molecule has 9 heteroatoms. The van der Waals surface area contributed by atoms with E-state index in [1.54, 1.807) is 30.4 Å². The van der Waals surface area contributed by atoms with Crippen molar-refractivity contribution in [3.05, 3.63) is 69.1 Å². The van der Waals surface area contributed by atoms with E-state index in [1.807, 2.05) is 26.0 Å². The SMILES string of the molecule is C=CCN1C(=O)/C(=C/c2ccc(OCC(=O)Nc3ccc(Br)c(C)c3C)c(OC)c2)SC1=S. The fraction of sp³-hybridized carbons (Fsp3) is 0.208. The van der Waals surface area contributed by atoms with Crippen molar-refractivity contribution in [3.8, 4) is 11.5 Å². The number of carbonyl (C=O) groups excluding carboxylic acids is 2. The van der Waals surface area contributed by atoms with Gasteiger partial charge in [-0.05, 0) is 60.9 Å². The van der Waals surface area contributed by atoms with Gasteiger partial charge in [-0.3, -0.25) is 14.5 Å². The van der Waals surface area contributed by atoms with E-state index in [2.05, 4.69) is 27.8 Å². The van der Waals surface area contributed by atoms with Gasteiger partial charge in [-0.15, -0.1) is 6.58 Å². The molecule has 3 rings (SSSR count). The summed E-state index contributed by atoms with van der Waals surface area (Å²) < 4.78 is 12.6. The van der Waals surface area contributed by atoms with E-state index in [0.29, 0.717) is 27.3 Å². The molecule has 0 unspecified atom stereocenters. The molecule has 0 radical (unpaired) electrons. The van der Waals surface area contributed by atoms with Gasteiger partial charge in [0.2, 0.25) is 0 Å². The first-order chi connectivity index (χ1) is 15.7. The lowest BCUT2D eigenvalue weighted by Gasteiger charge is -2.14. The highest BCUT2D eigenvalue weighted by Crippen LogP contribution is 2.34. The normalized spacial score (nSPS) is 14.5. The zero-order valence-electron chi connectivity index (χ0n) is 18.4. The van der Waals surface area contributed by atoms with Crippen molar-refractivity contribution >= 4 is 67.8 Å². The summed E-state index contributed by atoms with van der Waals surface area (Å²) in [7, 11) is 1.52. The number of hydrogen-bond acceptors (Lipinski definition) is 6. The molecule has 0 bridgehead atoms. The van der Waals surface area contributed by atoms with E-state index in [1.165, 1.54) is 23.8 Å². The Morgan fingerprint density at radius 1 is 1.24 bits per heavy atom. The van der Waals surface area contributed by atoms with Gasteiger partial charge < -0.3 is 14.8 Å². The van der Waals surface area contributed by atoms with E-state index in [4.69, 9.17) is 21.7 Å². The van der Waals surface area contributed by atoms with Crippen molar-refractivity contribution in [1.29, 1.82) is 0 Å². The van der Waals surface area contributed by atoms with E-state index >= 15 is 0 Å². The van der Waals surface area contributed by atoms with Crippen LogP contribution in [0.4, 0.5) is 5.69 Å². The maximum absolute atomic E-state index is 12.5. The highest BCUT2D eigenvalue weighted by atomic mass is 79.9. The molecule has 33 heavy (non-hydrogen) atoms. The van der Waals surface area contributed by atoms with Gasteiger partial charge >= 0.3 is 0 Å². The number of nitrogens with zero attached hydrogens (tertiary/aromatic N) is 1. The van der Waals surface area contributed by atoms with Crippen LogP contribution in [0.1, 0.15) is 16.7 Å². The second-order valence-electron chi connectivity index (χ2n) is 7.17. The summed E-state index contributed by atoms with van der Waals surface area (Å²) >= 11 is 10.00. The molecule has 172 valence electrons. The van der Waals surface area contributed by atoms with E-state index in [-0.39, 0.29) is 18.4 Å². The van der Waals surface area contributed by atoms with Crippen LogP contribution in [0.2, 0.25) is 0 Å². The average molecular weight is 547 g/mol. The summed E-state index contributed by atoms with van der Waals surface area (Å²) in [6.07, 6.45) is 3.39. The lowest BCUT2D eigenvalue weighted by atomic mass is 10.1. The molecule has 0 aliphatic carbocycles. The fourth-order valence-corrected chi connectivity index (χ4v) is 4.79. The molecule has 2 amide bonds. The fourth-order valence-electron chi connectivity index (χ4n) is 3.08. The summed E-state index contributed by atoms with van der Waals surface area (Å²) in [5.74, 6) is 0.442. The van der Waals surface area contributed by atoms with Gasteiger partial charge in [-0.2, -0.15) is 0 Å². The lowest BCUT2D eigenvalue weighted by molar-refractivity contribution is -0.121. The molecule has 1 saturated heterocycles. The molecule has 2 aromatic carbocycles. The Bertz CT molecular complexity index is 1160. The largest absolute Gasteiger partial charge is 0.493 e. The number of anilines is 1. The van der Waals surface area contributed by atoms with Crippen LogP contribution in [-0.4, -0.2) is 41.3 Å². The molecular weight excluding hydrogens is 524 g/mol. The third kappa shape index (κ3) is 5.85. The summed E-state index contributed by atoms with van der Waals surface area (Å²) in [4.78, 5) is 27.0. The van der Waals surface area contributed by atoms with Crippen LogP contribution in [-0.2, 0) is 9.59 Å². The molecule has 1 fully saturated rings. The van der Waals surface area contributed by atoms with E-state index < -0.39 is 0 Å². The molecule has 1 N–H and O–H groups in total. The molecule has 1 heterocycles. The molecule has 6 nitrogen and oxygen atoms in total. The van der Waals surface area contributed by atoms with Crippen molar-refractivity contribution < 1.29 is 19.1 Å². The second-order valence-corrected chi connectivity index (χ2v) is 9.70. The van der Waals surface area contributed by atoms with Crippen molar-refractivity contribution in [3.63, 3.8) is 0 Å². The van der Waals surface area contributed by atoms with Crippen LogP contribution in [0, 0.1) is 13.8 Å². The van der Waals surface area contributed by atoms with Crippen LogP contribution in [0.25, 0.3) is 6.08 Å². The predicted molar refractivity (Wildman–Crippen MR) is 141 cm³/mol. The van der Waals surface area contributed by atoms with Crippen LogP contribution in [0.15, 0.2) is 52.4 Å². The molecule has 1 aliphatic rings. The van der Waals surface area contributed by atoms with Gasteiger partial charge in [0.15, 0.2) is 18.1 Å². The average Bonchev–Trinajstić information content (AvgIpc) is 3.06. The second kappa shape index (κ2) is 11.0. The number of halogens is 1. The quantitative estimate of drug-likeness (QED) is 0.268. The minimum Gasteiger partial charge on any atom is -0.493 e. The number of thiocarbonyl (C=S) groups is 1. The Balaban J connectivity index is 1.69. The molecule has 0 spiro atoms. The minimum absolute atomic E-state index is 0.153. The number of nitrogens with one attached hydrogen (secondary N) is 1. The van der Waals surface area contributed by atoms with E-state index in [0.717, 1.165) is 26.9 Å². The highest BCUT2D eigenvalue weighted by molar-refractivity contribution is 9.10. The summed E-state index contributed by atoms with van der Waals surface area (Å²) in [6, 6.07) is 8.98. The molecule has 0 aromatic heterocycles. The zero-order valence-corrected chi connectivity index (χ0v) is 21.7. The number of ether oxygens (including phenoxy) is 2. The Morgan fingerprint density at radius 2 is 2.00 bits per heavy atom. The topological polar surface area (TPSA) is 67.9 Å². The maximum Gasteiger partial charge on any atom is 0.266 e. The molecule has 1 aliphatic heterocycles. The third-order valence-electron chi connectivity index (χ3n) is 5.02. The van der Waals surface area contributed by atoms with Crippen molar-refractivity contribution in [2.45, 2.75) is 13.8 Å². The summed E-state index contributed by atoms with van der Waals surface area (Å²) in [5.41, 5.74) is 3.54. The van der Waals surface area contributed by atoms with E-state index in [9.17, 15) is 9.59 Å². The van der Waals surface area contributed by atoms with Crippen molar-refractivity contribution in [1.82, 2.24) is 4.90 Å². The Kier molecular flexibility index (Phi) is 8.34.